The van der Waals surface area contributed by atoms with E-state index in [0.717, 1.165) is 22.4 Å². The molecule has 2 amide bonds. The van der Waals surface area contributed by atoms with Crippen molar-refractivity contribution < 1.29 is 9.59 Å². The third kappa shape index (κ3) is 4.28. The van der Waals surface area contributed by atoms with Gasteiger partial charge in [0.1, 0.15) is 18.2 Å². The van der Waals surface area contributed by atoms with Crippen LogP contribution in [0.1, 0.15) is 29.8 Å². The van der Waals surface area contributed by atoms with Gasteiger partial charge in [-0.3, -0.25) is 14.3 Å². The molecule has 168 valence electrons. The molecule has 1 aliphatic rings. The third-order valence-corrected chi connectivity index (χ3v) is 5.93. The van der Waals surface area contributed by atoms with Gasteiger partial charge in [0.05, 0.1) is 11.6 Å². The maximum absolute atomic E-state index is 13.3. The van der Waals surface area contributed by atoms with E-state index in [1.807, 2.05) is 44.9 Å². The summed E-state index contributed by atoms with van der Waals surface area (Å²) in [7, 11) is 1.85. The average molecular weight is 436 g/mol. The number of amides is 2. The largest absolute Gasteiger partial charge is 0.352 e. The van der Waals surface area contributed by atoms with Crippen LogP contribution in [0.5, 0.6) is 0 Å². The van der Waals surface area contributed by atoms with Crippen molar-refractivity contribution in [3.8, 4) is 0 Å². The molecule has 1 saturated heterocycles. The number of carbonyl (C=O) groups excluding carboxylic acids is 2. The first kappa shape index (κ1) is 21.7. The van der Waals surface area contributed by atoms with Crippen molar-refractivity contribution in [2.75, 3.05) is 31.1 Å². The summed E-state index contributed by atoms with van der Waals surface area (Å²) in [5.74, 6) is 0.542. The Balaban J connectivity index is 1.42. The molecule has 32 heavy (non-hydrogen) atoms. The van der Waals surface area contributed by atoms with Gasteiger partial charge in [-0.15, -0.1) is 0 Å². The standard InChI is InChI=1S/C23H29N7O2/c1-15(2)19(27-22(31)17-7-5-16(3)6-8-17)23(32)30-11-9-29(10-12-30)21-18-13-26-28(4)20(18)24-14-25-21/h5-8,13-15,19H,9-12H2,1-4H3,(H,27,31). The van der Waals surface area contributed by atoms with E-state index in [9.17, 15) is 9.59 Å². The fourth-order valence-electron chi connectivity index (χ4n) is 3.98. The molecule has 9 heteroatoms. The number of piperazine rings is 1. The van der Waals surface area contributed by atoms with Crippen LogP contribution in [-0.4, -0.2) is 68.7 Å². The van der Waals surface area contributed by atoms with Crippen LogP contribution in [0.2, 0.25) is 0 Å². The molecule has 0 bridgehead atoms. The molecule has 4 rings (SSSR count). The first-order valence-electron chi connectivity index (χ1n) is 10.9. The quantitative estimate of drug-likeness (QED) is 0.656. The van der Waals surface area contributed by atoms with Crippen molar-refractivity contribution in [2.45, 2.75) is 26.8 Å². The molecule has 0 saturated carbocycles. The van der Waals surface area contributed by atoms with Crippen molar-refractivity contribution in [3.63, 3.8) is 0 Å². The van der Waals surface area contributed by atoms with Gasteiger partial charge >= 0.3 is 0 Å². The number of anilines is 1. The van der Waals surface area contributed by atoms with E-state index in [1.165, 1.54) is 0 Å². The summed E-state index contributed by atoms with van der Waals surface area (Å²) < 4.78 is 1.73. The van der Waals surface area contributed by atoms with Crippen LogP contribution in [0.15, 0.2) is 36.8 Å². The first-order chi connectivity index (χ1) is 15.3. The molecular weight excluding hydrogens is 406 g/mol. The molecule has 0 spiro atoms. The van der Waals surface area contributed by atoms with Gasteiger partial charge < -0.3 is 15.1 Å². The highest BCUT2D eigenvalue weighted by Gasteiger charge is 2.31. The smallest absolute Gasteiger partial charge is 0.251 e. The van der Waals surface area contributed by atoms with E-state index in [2.05, 4.69) is 25.3 Å². The number of carbonyl (C=O) groups is 2. The Bertz CT molecular complexity index is 1120. The van der Waals surface area contributed by atoms with Gasteiger partial charge in [-0.05, 0) is 25.0 Å². The summed E-state index contributed by atoms with van der Waals surface area (Å²) in [5, 5.41) is 8.12. The van der Waals surface area contributed by atoms with Gasteiger partial charge in [-0.25, -0.2) is 9.97 Å². The van der Waals surface area contributed by atoms with Crippen molar-refractivity contribution >= 4 is 28.7 Å². The molecule has 0 aliphatic carbocycles. The lowest BCUT2D eigenvalue weighted by Crippen LogP contribution is -2.56. The number of nitrogens with one attached hydrogen (secondary N) is 1. The molecule has 0 radical (unpaired) electrons. The molecule has 2 aromatic heterocycles. The van der Waals surface area contributed by atoms with Gasteiger partial charge in [0.15, 0.2) is 5.65 Å². The number of aromatic nitrogens is 4. The summed E-state index contributed by atoms with van der Waals surface area (Å²) in [5.41, 5.74) is 2.43. The minimum atomic E-state index is -0.570. The van der Waals surface area contributed by atoms with Crippen molar-refractivity contribution in [1.82, 2.24) is 30.0 Å². The summed E-state index contributed by atoms with van der Waals surface area (Å²) >= 11 is 0. The minimum absolute atomic E-state index is 0.0215. The number of hydrogen-bond acceptors (Lipinski definition) is 6. The van der Waals surface area contributed by atoms with Crippen molar-refractivity contribution in [2.24, 2.45) is 13.0 Å². The van der Waals surface area contributed by atoms with Gasteiger partial charge in [-0.1, -0.05) is 31.5 Å². The summed E-state index contributed by atoms with van der Waals surface area (Å²) in [6.07, 6.45) is 3.32. The monoisotopic (exact) mass is 435 g/mol. The van der Waals surface area contributed by atoms with Gasteiger partial charge in [0.2, 0.25) is 5.91 Å². The predicted octanol–water partition coefficient (Wildman–Crippen LogP) is 1.77. The Kier molecular flexibility index (Phi) is 6.07. The maximum atomic E-state index is 13.3. The fraction of sp³-hybridized carbons (Fsp3) is 0.435. The number of nitrogens with zero attached hydrogens (tertiary/aromatic N) is 6. The fourth-order valence-corrected chi connectivity index (χ4v) is 3.98. The van der Waals surface area contributed by atoms with Crippen LogP contribution in [0.4, 0.5) is 5.82 Å². The molecule has 1 fully saturated rings. The highest BCUT2D eigenvalue weighted by Crippen LogP contribution is 2.23. The second-order valence-corrected chi connectivity index (χ2v) is 8.58. The van der Waals surface area contributed by atoms with E-state index in [0.29, 0.717) is 31.7 Å². The molecule has 1 aromatic carbocycles. The zero-order chi connectivity index (χ0) is 22.8. The van der Waals surface area contributed by atoms with Crippen LogP contribution in [-0.2, 0) is 11.8 Å². The highest BCUT2D eigenvalue weighted by molar-refractivity contribution is 5.97. The average Bonchev–Trinajstić information content (AvgIpc) is 3.18. The van der Waals surface area contributed by atoms with E-state index in [4.69, 9.17) is 0 Å². The van der Waals surface area contributed by atoms with Crippen LogP contribution >= 0.6 is 0 Å². The van der Waals surface area contributed by atoms with Crippen LogP contribution in [0.3, 0.4) is 0 Å². The Labute approximate surface area is 187 Å². The van der Waals surface area contributed by atoms with E-state index < -0.39 is 6.04 Å². The van der Waals surface area contributed by atoms with Gasteiger partial charge in [0, 0.05) is 38.8 Å². The van der Waals surface area contributed by atoms with Gasteiger partial charge in [0.25, 0.3) is 5.91 Å². The van der Waals surface area contributed by atoms with Crippen LogP contribution in [0.25, 0.3) is 11.0 Å². The van der Waals surface area contributed by atoms with E-state index >= 15 is 0 Å². The van der Waals surface area contributed by atoms with Crippen molar-refractivity contribution in [3.05, 3.63) is 47.9 Å². The summed E-state index contributed by atoms with van der Waals surface area (Å²) in [6, 6.07) is 6.79. The maximum Gasteiger partial charge on any atom is 0.251 e. The highest BCUT2D eigenvalue weighted by atomic mass is 16.2. The predicted molar refractivity (Wildman–Crippen MR) is 122 cm³/mol. The SMILES string of the molecule is Cc1ccc(C(=O)NC(C(=O)N2CCN(c3ncnc4c3cnn4C)CC2)C(C)C)cc1. The first-order valence-corrected chi connectivity index (χ1v) is 10.9. The molecule has 3 aromatic rings. The summed E-state index contributed by atoms with van der Waals surface area (Å²) in [4.78, 5) is 38.7. The molecule has 9 nitrogen and oxygen atoms in total. The minimum Gasteiger partial charge on any atom is -0.352 e. The lowest BCUT2D eigenvalue weighted by molar-refractivity contribution is -0.134. The van der Waals surface area contributed by atoms with Crippen LogP contribution in [0, 0.1) is 12.8 Å². The Morgan fingerprint density at radius 3 is 2.38 bits per heavy atom. The molecule has 1 atom stereocenters. The third-order valence-electron chi connectivity index (χ3n) is 5.93. The summed E-state index contributed by atoms with van der Waals surface area (Å²) in [6.45, 7) is 8.32. The number of aryl methyl sites for hydroxylation is 2. The zero-order valence-corrected chi connectivity index (χ0v) is 18.9. The Morgan fingerprint density at radius 2 is 1.72 bits per heavy atom. The lowest BCUT2D eigenvalue weighted by atomic mass is 10.0. The number of rotatable bonds is 5. The lowest BCUT2D eigenvalue weighted by Gasteiger charge is -2.37. The number of benzene rings is 1. The number of fused-ring (bicyclic) bond motifs is 1. The topological polar surface area (TPSA) is 96.2 Å². The zero-order valence-electron chi connectivity index (χ0n) is 18.9. The normalized spacial score (nSPS) is 15.3. The molecule has 1 N–H and O–H groups in total. The molecular formula is C23H29N7O2. The molecule has 3 heterocycles. The van der Waals surface area contributed by atoms with E-state index in [1.54, 1.807) is 29.3 Å². The molecule has 1 unspecified atom stereocenters. The van der Waals surface area contributed by atoms with Crippen molar-refractivity contribution in [1.29, 1.82) is 0 Å². The second-order valence-electron chi connectivity index (χ2n) is 8.58. The Hall–Kier alpha value is -3.49. The second kappa shape index (κ2) is 8.94. The van der Waals surface area contributed by atoms with E-state index in [-0.39, 0.29) is 17.7 Å². The van der Waals surface area contributed by atoms with Gasteiger partial charge in [-0.2, -0.15) is 5.10 Å². The molecule has 1 aliphatic heterocycles. The Morgan fingerprint density at radius 1 is 1.03 bits per heavy atom. The van der Waals surface area contributed by atoms with Crippen LogP contribution < -0.4 is 10.2 Å². The number of hydrogen-bond donors (Lipinski definition) is 1.